The van der Waals surface area contributed by atoms with Gasteiger partial charge in [0.2, 0.25) is 5.95 Å². The van der Waals surface area contributed by atoms with Crippen molar-refractivity contribution in [3.63, 3.8) is 0 Å². The molecule has 0 radical (unpaired) electrons. The van der Waals surface area contributed by atoms with Crippen LogP contribution in [-0.4, -0.2) is 19.6 Å². The van der Waals surface area contributed by atoms with Crippen molar-refractivity contribution >= 4 is 27.7 Å². The van der Waals surface area contributed by atoms with Crippen molar-refractivity contribution in [2.75, 3.05) is 5.32 Å². The Morgan fingerprint density at radius 2 is 2.18 bits per heavy atom. The molecule has 0 saturated heterocycles. The largest absolute Gasteiger partial charge is 0.351 e. The Labute approximate surface area is 135 Å². The Balaban J connectivity index is 1.83. The van der Waals surface area contributed by atoms with E-state index in [9.17, 15) is 4.79 Å². The summed E-state index contributed by atoms with van der Waals surface area (Å²) in [6, 6.07) is 9.54. The number of aryl methyl sites for hydroxylation is 1. The van der Waals surface area contributed by atoms with Gasteiger partial charge in [0.25, 0.3) is 11.3 Å². The zero-order valence-electron chi connectivity index (χ0n) is 12.1. The fourth-order valence-electron chi connectivity index (χ4n) is 2.22. The monoisotopic (exact) mass is 361 g/mol. The minimum Gasteiger partial charge on any atom is -0.351 e. The zero-order valence-corrected chi connectivity index (χ0v) is 13.7. The molecule has 22 heavy (non-hydrogen) atoms. The van der Waals surface area contributed by atoms with E-state index in [4.69, 9.17) is 0 Å². The maximum atomic E-state index is 12.0. The SMILES string of the molecule is CCCc1cc(=O)n2[nH]c(NCc3cccc(Br)c3)nc2n1. The van der Waals surface area contributed by atoms with Crippen LogP contribution in [0.5, 0.6) is 0 Å². The summed E-state index contributed by atoms with van der Waals surface area (Å²) in [6.07, 6.45) is 1.72. The summed E-state index contributed by atoms with van der Waals surface area (Å²) >= 11 is 3.44. The van der Waals surface area contributed by atoms with Crippen LogP contribution in [0.2, 0.25) is 0 Å². The summed E-state index contributed by atoms with van der Waals surface area (Å²) < 4.78 is 2.38. The number of nitrogens with one attached hydrogen (secondary N) is 2. The molecule has 0 aliphatic rings. The molecule has 0 spiro atoms. The number of H-pyrrole nitrogens is 1. The Morgan fingerprint density at radius 3 is 2.95 bits per heavy atom. The molecule has 2 heterocycles. The molecule has 0 aliphatic heterocycles. The van der Waals surface area contributed by atoms with E-state index in [1.807, 2.05) is 24.3 Å². The van der Waals surface area contributed by atoms with Crippen LogP contribution >= 0.6 is 15.9 Å². The number of nitrogens with zero attached hydrogens (tertiary/aromatic N) is 3. The standard InChI is InChI=1S/C15H16BrN5O/c1-2-4-12-8-13(22)21-15(18-12)19-14(20-21)17-9-10-5-3-6-11(16)7-10/h3,5-8H,2,4,9H2,1H3,(H2,17,18,19,20). The van der Waals surface area contributed by atoms with Gasteiger partial charge in [0.1, 0.15) is 0 Å². The lowest BCUT2D eigenvalue weighted by atomic mass is 10.2. The van der Waals surface area contributed by atoms with Crippen molar-refractivity contribution in [2.45, 2.75) is 26.3 Å². The van der Waals surface area contributed by atoms with Gasteiger partial charge in [0, 0.05) is 17.1 Å². The maximum absolute atomic E-state index is 12.0. The third-order valence-electron chi connectivity index (χ3n) is 3.24. The third kappa shape index (κ3) is 3.19. The Bertz CT molecular complexity index is 855. The fraction of sp³-hybridized carbons (Fsp3) is 0.267. The molecule has 0 unspecified atom stereocenters. The molecule has 0 bridgehead atoms. The molecule has 2 N–H and O–H groups in total. The number of aromatic amines is 1. The maximum Gasteiger partial charge on any atom is 0.274 e. The molecule has 114 valence electrons. The minimum absolute atomic E-state index is 0.142. The van der Waals surface area contributed by atoms with Crippen LogP contribution in [0.4, 0.5) is 5.95 Å². The summed E-state index contributed by atoms with van der Waals surface area (Å²) in [5, 5.41) is 6.09. The second kappa shape index (κ2) is 6.31. The first-order valence-corrected chi connectivity index (χ1v) is 7.92. The first-order valence-electron chi connectivity index (χ1n) is 7.12. The fourth-order valence-corrected chi connectivity index (χ4v) is 2.67. The number of aromatic nitrogens is 4. The van der Waals surface area contributed by atoms with E-state index in [-0.39, 0.29) is 5.56 Å². The second-order valence-corrected chi connectivity index (χ2v) is 5.94. The molecule has 7 heteroatoms. The van der Waals surface area contributed by atoms with E-state index >= 15 is 0 Å². The number of benzene rings is 1. The Hall–Kier alpha value is -2.15. The predicted molar refractivity (Wildman–Crippen MR) is 89.1 cm³/mol. The molecule has 3 aromatic rings. The Kier molecular flexibility index (Phi) is 4.24. The lowest BCUT2D eigenvalue weighted by molar-refractivity contribution is 0.837. The highest BCUT2D eigenvalue weighted by Crippen LogP contribution is 2.12. The summed E-state index contributed by atoms with van der Waals surface area (Å²) in [4.78, 5) is 20.7. The summed E-state index contributed by atoms with van der Waals surface area (Å²) in [7, 11) is 0. The van der Waals surface area contributed by atoms with Crippen LogP contribution in [0.3, 0.4) is 0 Å². The minimum atomic E-state index is -0.142. The molecule has 0 aliphatic carbocycles. The molecule has 1 aromatic carbocycles. The van der Waals surface area contributed by atoms with E-state index in [0.717, 1.165) is 28.6 Å². The zero-order chi connectivity index (χ0) is 15.5. The van der Waals surface area contributed by atoms with Gasteiger partial charge in [-0.05, 0) is 24.1 Å². The average molecular weight is 362 g/mol. The molecule has 0 saturated carbocycles. The van der Waals surface area contributed by atoms with Gasteiger partial charge in [-0.2, -0.15) is 9.50 Å². The van der Waals surface area contributed by atoms with Crippen LogP contribution < -0.4 is 10.9 Å². The van der Waals surface area contributed by atoms with Crippen molar-refractivity contribution in [3.8, 4) is 0 Å². The van der Waals surface area contributed by atoms with E-state index < -0.39 is 0 Å². The van der Waals surface area contributed by atoms with Crippen molar-refractivity contribution in [1.82, 2.24) is 19.6 Å². The number of anilines is 1. The number of halogens is 1. The highest BCUT2D eigenvalue weighted by molar-refractivity contribution is 9.10. The van der Waals surface area contributed by atoms with Gasteiger partial charge in [-0.3, -0.25) is 9.89 Å². The number of rotatable bonds is 5. The van der Waals surface area contributed by atoms with Gasteiger partial charge < -0.3 is 5.32 Å². The Morgan fingerprint density at radius 1 is 1.32 bits per heavy atom. The van der Waals surface area contributed by atoms with E-state index in [1.54, 1.807) is 6.07 Å². The summed E-state index contributed by atoms with van der Waals surface area (Å²) in [5.74, 6) is 0.922. The number of hydrogen-bond donors (Lipinski definition) is 2. The first-order chi connectivity index (χ1) is 10.7. The van der Waals surface area contributed by atoms with Gasteiger partial charge >= 0.3 is 0 Å². The topological polar surface area (TPSA) is 75.1 Å². The summed E-state index contributed by atoms with van der Waals surface area (Å²) in [6.45, 7) is 2.66. The molecule has 3 rings (SSSR count). The molecule has 2 aromatic heterocycles. The van der Waals surface area contributed by atoms with E-state index in [1.165, 1.54) is 4.52 Å². The molecular formula is C15H16BrN5O. The highest BCUT2D eigenvalue weighted by Gasteiger charge is 2.07. The van der Waals surface area contributed by atoms with Gasteiger partial charge in [0.15, 0.2) is 0 Å². The molecular weight excluding hydrogens is 346 g/mol. The second-order valence-electron chi connectivity index (χ2n) is 5.03. The van der Waals surface area contributed by atoms with Gasteiger partial charge in [-0.1, -0.05) is 41.4 Å². The van der Waals surface area contributed by atoms with E-state index in [0.29, 0.717) is 18.3 Å². The van der Waals surface area contributed by atoms with Crippen LogP contribution in [0.15, 0.2) is 39.6 Å². The van der Waals surface area contributed by atoms with Gasteiger partial charge in [-0.15, -0.1) is 0 Å². The average Bonchev–Trinajstić information content (AvgIpc) is 2.89. The molecule has 0 atom stereocenters. The molecule has 0 amide bonds. The van der Waals surface area contributed by atoms with Crippen LogP contribution in [0, 0.1) is 0 Å². The quantitative estimate of drug-likeness (QED) is 0.732. The van der Waals surface area contributed by atoms with Crippen LogP contribution in [0.25, 0.3) is 5.78 Å². The van der Waals surface area contributed by atoms with Gasteiger partial charge in [0.05, 0.1) is 5.69 Å². The lowest BCUT2D eigenvalue weighted by Crippen LogP contribution is -2.15. The van der Waals surface area contributed by atoms with Crippen LogP contribution in [-0.2, 0) is 13.0 Å². The molecule has 6 nitrogen and oxygen atoms in total. The van der Waals surface area contributed by atoms with Crippen molar-refractivity contribution < 1.29 is 0 Å². The molecule has 0 fully saturated rings. The van der Waals surface area contributed by atoms with Gasteiger partial charge in [-0.25, -0.2) is 4.98 Å². The normalized spacial score (nSPS) is 11.0. The van der Waals surface area contributed by atoms with Crippen LogP contribution in [0.1, 0.15) is 24.6 Å². The summed E-state index contributed by atoms with van der Waals surface area (Å²) in [5.41, 5.74) is 1.75. The predicted octanol–water partition coefficient (Wildman–Crippen LogP) is 2.74. The van der Waals surface area contributed by atoms with E-state index in [2.05, 4.69) is 43.2 Å². The lowest BCUT2D eigenvalue weighted by Gasteiger charge is -2.02. The van der Waals surface area contributed by atoms with Crippen molar-refractivity contribution in [2.24, 2.45) is 0 Å². The highest BCUT2D eigenvalue weighted by atomic mass is 79.9. The first kappa shape index (κ1) is 14.8. The van der Waals surface area contributed by atoms with Crippen molar-refractivity contribution in [1.29, 1.82) is 0 Å². The third-order valence-corrected chi connectivity index (χ3v) is 3.73. The smallest absolute Gasteiger partial charge is 0.274 e. The van der Waals surface area contributed by atoms with Crippen molar-refractivity contribution in [3.05, 3.63) is 56.4 Å². The number of hydrogen-bond acceptors (Lipinski definition) is 4. The number of fused-ring (bicyclic) bond motifs is 1.